The van der Waals surface area contributed by atoms with Crippen molar-refractivity contribution in [1.82, 2.24) is 0 Å². The van der Waals surface area contributed by atoms with E-state index in [9.17, 15) is 0 Å². The molecule has 118 valence electrons. The Kier molecular flexibility index (Phi) is 6.37. The van der Waals surface area contributed by atoms with E-state index in [0.717, 1.165) is 29.2 Å². The predicted octanol–water partition coefficient (Wildman–Crippen LogP) is 3.31. The maximum atomic E-state index is 5.99. The third-order valence-electron chi connectivity index (χ3n) is 3.09. The molecule has 0 spiro atoms. The molecule has 0 amide bonds. The smallest absolute Gasteiger partial charge is 0.123 e. The normalized spacial score (nSPS) is 10.3. The Morgan fingerprint density at radius 2 is 1.77 bits per heavy atom. The van der Waals surface area contributed by atoms with Gasteiger partial charge in [-0.15, -0.1) is 0 Å². The van der Waals surface area contributed by atoms with Crippen molar-refractivity contribution < 1.29 is 14.2 Å². The van der Waals surface area contributed by atoms with Crippen LogP contribution in [0.3, 0.4) is 0 Å². The average molecular weight is 322 g/mol. The van der Waals surface area contributed by atoms with Gasteiger partial charge in [0.2, 0.25) is 0 Å². The average Bonchev–Trinajstić information content (AvgIpc) is 2.54. The number of ether oxygens (including phenoxy) is 3. The molecule has 5 heteroatoms. The molecule has 2 aromatic rings. The summed E-state index contributed by atoms with van der Waals surface area (Å²) in [6.07, 6.45) is 0.729. The SMILES string of the molecule is COc1cccc(OCCOc2ccc(Cl)cc2CCN)c1. The van der Waals surface area contributed by atoms with Crippen molar-refractivity contribution in [2.75, 3.05) is 26.9 Å². The summed E-state index contributed by atoms with van der Waals surface area (Å²) in [6, 6.07) is 13.0. The minimum Gasteiger partial charge on any atom is -0.497 e. The summed E-state index contributed by atoms with van der Waals surface area (Å²) in [5, 5.41) is 0.684. The van der Waals surface area contributed by atoms with Crippen molar-refractivity contribution >= 4 is 11.6 Å². The molecule has 2 N–H and O–H groups in total. The van der Waals surface area contributed by atoms with Crippen LogP contribution in [0.15, 0.2) is 42.5 Å². The molecule has 4 nitrogen and oxygen atoms in total. The van der Waals surface area contributed by atoms with Gasteiger partial charge in [0.25, 0.3) is 0 Å². The van der Waals surface area contributed by atoms with E-state index in [-0.39, 0.29) is 0 Å². The molecule has 2 rings (SSSR count). The quantitative estimate of drug-likeness (QED) is 0.758. The molecular formula is C17H20ClNO3. The van der Waals surface area contributed by atoms with Gasteiger partial charge in [-0.3, -0.25) is 0 Å². The highest BCUT2D eigenvalue weighted by molar-refractivity contribution is 6.30. The van der Waals surface area contributed by atoms with Gasteiger partial charge < -0.3 is 19.9 Å². The summed E-state index contributed by atoms with van der Waals surface area (Å²) >= 11 is 5.99. The molecule has 0 aromatic heterocycles. The lowest BCUT2D eigenvalue weighted by Gasteiger charge is -2.12. The third kappa shape index (κ3) is 4.83. The van der Waals surface area contributed by atoms with E-state index < -0.39 is 0 Å². The summed E-state index contributed by atoms with van der Waals surface area (Å²) in [7, 11) is 1.63. The van der Waals surface area contributed by atoms with E-state index in [0.29, 0.717) is 24.8 Å². The number of methoxy groups -OCH3 is 1. The van der Waals surface area contributed by atoms with Crippen LogP contribution in [-0.4, -0.2) is 26.9 Å². The highest BCUT2D eigenvalue weighted by atomic mass is 35.5. The summed E-state index contributed by atoms with van der Waals surface area (Å²) in [5.41, 5.74) is 6.61. The zero-order valence-electron chi connectivity index (χ0n) is 12.5. The minimum absolute atomic E-state index is 0.441. The molecule has 0 aliphatic rings. The fourth-order valence-corrected chi connectivity index (χ4v) is 2.24. The van der Waals surface area contributed by atoms with Crippen LogP contribution in [0.1, 0.15) is 5.56 Å². The van der Waals surface area contributed by atoms with Gasteiger partial charge >= 0.3 is 0 Å². The van der Waals surface area contributed by atoms with Crippen molar-refractivity contribution in [3.05, 3.63) is 53.1 Å². The Hall–Kier alpha value is -1.91. The Morgan fingerprint density at radius 3 is 2.55 bits per heavy atom. The minimum atomic E-state index is 0.441. The fraction of sp³-hybridized carbons (Fsp3) is 0.294. The summed E-state index contributed by atoms with van der Waals surface area (Å²) in [6.45, 7) is 1.44. The van der Waals surface area contributed by atoms with Crippen LogP contribution in [-0.2, 0) is 6.42 Å². The maximum Gasteiger partial charge on any atom is 0.123 e. The highest BCUT2D eigenvalue weighted by Gasteiger charge is 2.04. The molecule has 2 aromatic carbocycles. The van der Waals surface area contributed by atoms with Crippen molar-refractivity contribution in [3.8, 4) is 17.2 Å². The maximum absolute atomic E-state index is 5.99. The van der Waals surface area contributed by atoms with Crippen molar-refractivity contribution in [3.63, 3.8) is 0 Å². The fourth-order valence-electron chi connectivity index (χ4n) is 2.04. The van der Waals surface area contributed by atoms with Crippen LogP contribution < -0.4 is 19.9 Å². The molecule has 0 saturated carbocycles. The first-order valence-electron chi connectivity index (χ1n) is 7.11. The molecule has 0 bridgehead atoms. The molecule has 0 fully saturated rings. The van der Waals surface area contributed by atoms with Crippen LogP contribution in [0.25, 0.3) is 0 Å². The van der Waals surface area contributed by atoms with E-state index in [1.54, 1.807) is 13.2 Å². The van der Waals surface area contributed by atoms with Gasteiger partial charge in [0.05, 0.1) is 7.11 Å². The topological polar surface area (TPSA) is 53.7 Å². The van der Waals surface area contributed by atoms with Gasteiger partial charge in [-0.25, -0.2) is 0 Å². The lowest BCUT2D eigenvalue weighted by molar-refractivity contribution is 0.215. The molecule has 0 heterocycles. The highest BCUT2D eigenvalue weighted by Crippen LogP contribution is 2.23. The Morgan fingerprint density at radius 1 is 1.00 bits per heavy atom. The number of benzene rings is 2. The first-order valence-corrected chi connectivity index (χ1v) is 7.49. The van der Waals surface area contributed by atoms with E-state index in [1.807, 2.05) is 36.4 Å². The number of nitrogens with two attached hydrogens (primary N) is 1. The van der Waals surface area contributed by atoms with Crippen LogP contribution in [0.2, 0.25) is 5.02 Å². The second kappa shape index (κ2) is 8.51. The number of halogens is 1. The van der Waals surface area contributed by atoms with Crippen LogP contribution in [0.5, 0.6) is 17.2 Å². The monoisotopic (exact) mass is 321 g/mol. The van der Waals surface area contributed by atoms with Gasteiger partial charge in [0.1, 0.15) is 30.5 Å². The van der Waals surface area contributed by atoms with E-state index in [1.165, 1.54) is 0 Å². The van der Waals surface area contributed by atoms with Crippen molar-refractivity contribution in [2.45, 2.75) is 6.42 Å². The van der Waals surface area contributed by atoms with E-state index in [4.69, 9.17) is 31.5 Å². The van der Waals surface area contributed by atoms with Crippen LogP contribution in [0, 0.1) is 0 Å². The van der Waals surface area contributed by atoms with Crippen LogP contribution >= 0.6 is 11.6 Å². The van der Waals surface area contributed by atoms with Crippen LogP contribution in [0.4, 0.5) is 0 Å². The van der Waals surface area contributed by atoms with Gasteiger partial charge in [0, 0.05) is 11.1 Å². The molecule has 0 radical (unpaired) electrons. The Balaban J connectivity index is 1.85. The Labute approximate surface area is 135 Å². The van der Waals surface area contributed by atoms with Gasteiger partial charge in [-0.1, -0.05) is 17.7 Å². The van der Waals surface area contributed by atoms with E-state index >= 15 is 0 Å². The molecule has 0 atom stereocenters. The molecule has 0 aliphatic heterocycles. The van der Waals surface area contributed by atoms with Gasteiger partial charge in [0.15, 0.2) is 0 Å². The Bertz CT molecular complexity index is 604. The largest absolute Gasteiger partial charge is 0.497 e. The second-order valence-corrected chi connectivity index (χ2v) is 5.10. The molecular weight excluding hydrogens is 302 g/mol. The second-order valence-electron chi connectivity index (χ2n) is 4.67. The van der Waals surface area contributed by atoms with Crippen molar-refractivity contribution in [2.24, 2.45) is 5.73 Å². The lowest BCUT2D eigenvalue weighted by atomic mass is 10.1. The lowest BCUT2D eigenvalue weighted by Crippen LogP contribution is -2.11. The zero-order valence-corrected chi connectivity index (χ0v) is 13.3. The molecule has 22 heavy (non-hydrogen) atoms. The number of rotatable bonds is 8. The number of hydrogen-bond donors (Lipinski definition) is 1. The van der Waals surface area contributed by atoms with Gasteiger partial charge in [-0.05, 0) is 48.9 Å². The third-order valence-corrected chi connectivity index (χ3v) is 3.32. The summed E-state index contributed by atoms with van der Waals surface area (Å²) in [4.78, 5) is 0. The molecule has 0 aliphatic carbocycles. The summed E-state index contributed by atoms with van der Waals surface area (Å²) < 4.78 is 16.5. The first-order chi connectivity index (χ1) is 10.7. The van der Waals surface area contributed by atoms with Crippen molar-refractivity contribution in [1.29, 1.82) is 0 Å². The molecule has 0 saturated heterocycles. The number of hydrogen-bond acceptors (Lipinski definition) is 4. The first kappa shape index (κ1) is 16.5. The predicted molar refractivity (Wildman–Crippen MR) is 88.2 cm³/mol. The van der Waals surface area contributed by atoms with E-state index in [2.05, 4.69) is 0 Å². The summed E-state index contributed by atoms with van der Waals surface area (Å²) in [5.74, 6) is 2.31. The molecule has 0 unspecified atom stereocenters. The standard InChI is InChI=1S/C17H20ClNO3/c1-20-15-3-2-4-16(12-15)21-9-10-22-17-6-5-14(18)11-13(17)7-8-19/h2-6,11-12H,7-10,19H2,1H3. The van der Waals surface area contributed by atoms with Gasteiger partial charge in [-0.2, -0.15) is 0 Å². The zero-order chi connectivity index (χ0) is 15.8.